The molecule has 3 heterocycles. The zero-order valence-corrected chi connectivity index (χ0v) is 18.5. The van der Waals surface area contributed by atoms with Crippen molar-refractivity contribution in [3.8, 4) is 0 Å². The second-order valence-corrected chi connectivity index (χ2v) is 9.62. The fourth-order valence-corrected chi connectivity index (χ4v) is 5.49. The number of benzene rings is 1. The van der Waals surface area contributed by atoms with E-state index >= 15 is 0 Å². The van der Waals surface area contributed by atoms with Gasteiger partial charge in [0.1, 0.15) is 5.82 Å². The van der Waals surface area contributed by atoms with Crippen molar-refractivity contribution in [2.45, 2.75) is 35.8 Å². The minimum Gasteiger partial charge on any atom is -0.340 e. The van der Waals surface area contributed by atoms with Gasteiger partial charge in [-0.05, 0) is 44.1 Å². The largest absolute Gasteiger partial charge is 0.340 e. The first-order valence-corrected chi connectivity index (χ1v) is 11.5. The van der Waals surface area contributed by atoms with Crippen LogP contribution in [0.25, 0.3) is 0 Å². The lowest BCUT2D eigenvalue weighted by Gasteiger charge is -2.29. The van der Waals surface area contributed by atoms with Crippen LogP contribution in [0.3, 0.4) is 0 Å². The van der Waals surface area contributed by atoms with E-state index in [0.29, 0.717) is 11.8 Å². The minimum atomic E-state index is -0.232. The molecule has 2 aliphatic rings. The van der Waals surface area contributed by atoms with E-state index in [1.165, 1.54) is 12.1 Å². The summed E-state index contributed by atoms with van der Waals surface area (Å²) in [5.41, 5.74) is 1.03. The molecular formula is C22H30FN5OS. The molecule has 2 saturated heterocycles. The minimum absolute atomic E-state index is 0.142. The molecule has 1 amide bonds. The molecule has 0 spiro atoms. The predicted octanol–water partition coefficient (Wildman–Crippen LogP) is 2.46. The van der Waals surface area contributed by atoms with Gasteiger partial charge in [-0.25, -0.2) is 9.37 Å². The maximum absolute atomic E-state index is 13.5. The average Bonchev–Trinajstić information content (AvgIpc) is 3.24. The number of likely N-dealkylation sites (tertiary alicyclic amines) is 1. The molecule has 1 aromatic heterocycles. The second-order valence-electron chi connectivity index (χ2n) is 8.35. The molecule has 0 N–H and O–H groups in total. The summed E-state index contributed by atoms with van der Waals surface area (Å²) >= 11 is 1.74. The molecule has 6 nitrogen and oxygen atoms in total. The number of hydrogen-bond acceptors (Lipinski definition) is 5. The smallest absolute Gasteiger partial charge is 0.240 e. The van der Waals surface area contributed by atoms with Crippen molar-refractivity contribution in [2.24, 2.45) is 7.05 Å². The fourth-order valence-electron chi connectivity index (χ4n) is 4.30. The summed E-state index contributed by atoms with van der Waals surface area (Å²) in [6.45, 7) is 5.03. The third-order valence-corrected chi connectivity index (χ3v) is 7.31. The van der Waals surface area contributed by atoms with Crippen molar-refractivity contribution < 1.29 is 9.18 Å². The van der Waals surface area contributed by atoms with Gasteiger partial charge in [-0.15, -0.1) is 0 Å². The van der Waals surface area contributed by atoms with E-state index in [-0.39, 0.29) is 17.8 Å². The number of rotatable bonds is 5. The monoisotopic (exact) mass is 431 g/mol. The summed E-state index contributed by atoms with van der Waals surface area (Å²) in [6.07, 6.45) is 5.58. The molecule has 0 unspecified atom stereocenters. The Morgan fingerprint density at radius 2 is 1.97 bits per heavy atom. The summed E-state index contributed by atoms with van der Waals surface area (Å²) < 4.78 is 15.4. The Kier molecular flexibility index (Phi) is 6.75. The van der Waals surface area contributed by atoms with Crippen molar-refractivity contribution in [3.05, 3.63) is 48.0 Å². The third-order valence-electron chi connectivity index (χ3n) is 6.03. The first-order valence-electron chi connectivity index (χ1n) is 10.6. The molecule has 2 atom stereocenters. The Hall–Kier alpha value is -1.90. The Morgan fingerprint density at radius 1 is 1.17 bits per heavy atom. The van der Waals surface area contributed by atoms with Crippen LogP contribution in [-0.2, 0) is 18.4 Å². The summed E-state index contributed by atoms with van der Waals surface area (Å²) in [5.74, 6) is 0.0000473. The Balaban J connectivity index is 1.50. The number of likely N-dealkylation sites (N-methyl/N-ethyl adjacent to an activating group) is 1. The Morgan fingerprint density at radius 3 is 2.70 bits per heavy atom. The molecule has 4 rings (SSSR count). The summed E-state index contributed by atoms with van der Waals surface area (Å²) in [5, 5.41) is 1.28. The molecular weight excluding hydrogens is 401 g/mol. The van der Waals surface area contributed by atoms with Crippen LogP contribution in [0, 0.1) is 5.82 Å². The van der Waals surface area contributed by atoms with Crippen LogP contribution in [-0.4, -0.2) is 81.2 Å². The van der Waals surface area contributed by atoms with Crippen molar-refractivity contribution in [1.29, 1.82) is 0 Å². The van der Waals surface area contributed by atoms with Gasteiger partial charge in [-0.2, -0.15) is 0 Å². The van der Waals surface area contributed by atoms with Crippen LogP contribution in [0.4, 0.5) is 4.39 Å². The van der Waals surface area contributed by atoms with E-state index in [0.717, 1.165) is 56.3 Å². The number of carbonyl (C=O) groups is 1. The number of aryl methyl sites for hydroxylation is 1. The highest BCUT2D eigenvalue weighted by Gasteiger charge is 2.39. The SMILES string of the molecule is CN1CCCN(C(=O)[C@@H]2C[C@@H](Sc3nccn3C)CN2Cc2ccc(F)cc2)CC1. The Bertz CT molecular complexity index is 857. The quantitative estimate of drug-likeness (QED) is 0.728. The van der Waals surface area contributed by atoms with Crippen LogP contribution >= 0.6 is 11.8 Å². The number of aromatic nitrogens is 2. The molecule has 0 saturated carbocycles. The molecule has 2 aromatic rings. The van der Waals surface area contributed by atoms with Crippen LogP contribution in [0.5, 0.6) is 0 Å². The number of hydrogen-bond donors (Lipinski definition) is 0. The maximum Gasteiger partial charge on any atom is 0.240 e. The topological polar surface area (TPSA) is 44.6 Å². The van der Waals surface area contributed by atoms with Gasteiger partial charge >= 0.3 is 0 Å². The van der Waals surface area contributed by atoms with Crippen LogP contribution in [0.1, 0.15) is 18.4 Å². The normalized spacial score (nSPS) is 23.6. The molecule has 162 valence electrons. The Labute approximate surface area is 182 Å². The van der Waals surface area contributed by atoms with Gasteiger partial charge < -0.3 is 14.4 Å². The summed E-state index contributed by atoms with van der Waals surface area (Å²) in [4.78, 5) is 24.5. The molecule has 0 bridgehead atoms. The van der Waals surface area contributed by atoms with Crippen molar-refractivity contribution in [3.63, 3.8) is 0 Å². The van der Waals surface area contributed by atoms with Crippen molar-refractivity contribution in [2.75, 3.05) is 39.8 Å². The summed E-state index contributed by atoms with van der Waals surface area (Å²) in [6, 6.07) is 6.48. The van der Waals surface area contributed by atoms with Gasteiger partial charge in [0.15, 0.2) is 5.16 Å². The third kappa shape index (κ3) is 5.04. The molecule has 2 aliphatic heterocycles. The van der Waals surface area contributed by atoms with Gasteiger partial charge in [0, 0.05) is 57.4 Å². The van der Waals surface area contributed by atoms with Gasteiger partial charge in [0.2, 0.25) is 5.91 Å². The lowest BCUT2D eigenvalue weighted by Crippen LogP contribution is -2.46. The van der Waals surface area contributed by atoms with E-state index in [9.17, 15) is 9.18 Å². The van der Waals surface area contributed by atoms with Gasteiger partial charge in [0.05, 0.1) is 6.04 Å². The van der Waals surface area contributed by atoms with E-state index in [1.807, 2.05) is 41.0 Å². The van der Waals surface area contributed by atoms with Crippen molar-refractivity contribution in [1.82, 2.24) is 24.3 Å². The second kappa shape index (κ2) is 9.49. The van der Waals surface area contributed by atoms with Gasteiger partial charge in [0.25, 0.3) is 0 Å². The first-order chi connectivity index (χ1) is 14.5. The average molecular weight is 432 g/mol. The number of nitrogens with zero attached hydrogens (tertiary/aromatic N) is 5. The maximum atomic E-state index is 13.5. The predicted molar refractivity (Wildman–Crippen MR) is 117 cm³/mol. The molecule has 2 fully saturated rings. The molecule has 1 aromatic carbocycles. The molecule has 0 aliphatic carbocycles. The number of thioether (sulfide) groups is 1. The number of halogens is 1. The van der Waals surface area contributed by atoms with E-state index < -0.39 is 0 Å². The lowest BCUT2D eigenvalue weighted by atomic mass is 10.1. The molecule has 30 heavy (non-hydrogen) atoms. The number of amides is 1. The number of imidazole rings is 1. The highest BCUT2D eigenvalue weighted by atomic mass is 32.2. The van der Waals surface area contributed by atoms with E-state index in [2.05, 4.69) is 21.8 Å². The van der Waals surface area contributed by atoms with Crippen molar-refractivity contribution >= 4 is 17.7 Å². The fraction of sp³-hybridized carbons (Fsp3) is 0.545. The zero-order chi connectivity index (χ0) is 21.1. The first kappa shape index (κ1) is 21.3. The highest BCUT2D eigenvalue weighted by molar-refractivity contribution is 7.99. The lowest BCUT2D eigenvalue weighted by molar-refractivity contribution is -0.136. The highest BCUT2D eigenvalue weighted by Crippen LogP contribution is 2.33. The zero-order valence-electron chi connectivity index (χ0n) is 17.7. The summed E-state index contributed by atoms with van der Waals surface area (Å²) in [7, 11) is 4.11. The van der Waals surface area contributed by atoms with Gasteiger partial charge in [-0.3, -0.25) is 9.69 Å². The van der Waals surface area contributed by atoms with Crippen LogP contribution in [0.2, 0.25) is 0 Å². The number of carbonyl (C=O) groups excluding carboxylic acids is 1. The van der Waals surface area contributed by atoms with Crippen LogP contribution in [0.15, 0.2) is 41.8 Å². The van der Waals surface area contributed by atoms with Crippen LogP contribution < -0.4 is 0 Å². The van der Waals surface area contributed by atoms with Gasteiger partial charge in [-0.1, -0.05) is 23.9 Å². The molecule has 0 radical (unpaired) electrons. The van der Waals surface area contributed by atoms with E-state index in [4.69, 9.17) is 0 Å². The molecule has 8 heteroatoms. The standard InChI is InChI=1S/C22H30FN5OS/c1-25-9-3-10-27(13-12-25)21(29)20-14-19(30-22-24-8-11-26(22)2)16-28(20)15-17-4-6-18(23)7-5-17/h4-8,11,19-20H,3,9-10,12-16H2,1-2H3/t19-,20+/m1/s1. The van der Waals surface area contributed by atoms with E-state index in [1.54, 1.807) is 11.8 Å².